The first kappa shape index (κ1) is 34.4. The van der Waals surface area contributed by atoms with Crippen molar-refractivity contribution < 1.29 is 27.6 Å². The number of hydrogen-bond acceptors (Lipinski definition) is 12. The number of aromatic nitrogens is 4. The number of benzene rings is 4. The largest absolute Gasteiger partial charge is 0.295 e. The van der Waals surface area contributed by atoms with Crippen LogP contribution in [0.15, 0.2) is 125 Å². The van der Waals surface area contributed by atoms with Crippen molar-refractivity contribution in [3.8, 4) is 16.9 Å². The highest BCUT2D eigenvalue weighted by molar-refractivity contribution is 7.91. The highest BCUT2D eigenvalue weighted by Gasteiger charge is 2.31. The van der Waals surface area contributed by atoms with E-state index in [9.17, 15) is 27.6 Å². The standard InChI is InChI=1S/C35H26N8O6S2/c1-21(44)28(32(46)24-16-9-4-10-17-24)39-38-25-18-11-19-26(20-25)43-30(22-12-5-2-6-13-22)27(31(45)23-14-7-3-8-15-23)29(42-43)33(47)37-34-40-41-35(50-34)51(36,48)49/h2-20,38H,1H3,(H2,36,48,49)(H,37,40,47)/b39-28-. The Morgan fingerprint density at radius 3 is 2.04 bits per heavy atom. The zero-order valence-electron chi connectivity index (χ0n) is 26.5. The highest BCUT2D eigenvalue weighted by atomic mass is 32.2. The van der Waals surface area contributed by atoms with Gasteiger partial charge in [0.05, 0.1) is 22.6 Å². The molecule has 254 valence electrons. The van der Waals surface area contributed by atoms with Crippen LogP contribution >= 0.6 is 11.3 Å². The van der Waals surface area contributed by atoms with Crippen LogP contribution in [0.25, 0.3) is 16.9 Å². The molecule has 6 aromatic rings. The topological polar surface area (TPSA) is 208 Å². The summed E-state index contributed by atoms with van der Waals surface area (Å²) in [6.45, 7) is 1.24. The van der Waals surface area contributed by atoms with Crippen LogP contribution in [0.4, 0.5) is 10.8 Å². The number of anilines is 2. The number of sulfonamides is 1. The molecule has 4 aromatic carbocycles. The number of carbonyl (C=O) groups is 4. The molecular formula is C35H26N8O6S2. The first-order chi connectivity index (χ1) is 24.5. The normalized spacial score (nSPS) is 11.5. The van der Waals surface area contributed by atoms with Gasteiger partial charge in [0.15, 0.2) is 23.0 Å². The maximum absolute atomic E-state index is 14.2. The minimum absolute atomic E-state index is 0.0511. The summed E-state index contributed by atoms with van der Waals surface area (Å²) in [4.78, 5) is 53.6. The van der Waals surface area contributed by atoms with E-state index < -0.39 is 37.6 Å². The summed E-state index contributed by atoms with van der Waals surface area (Å²) in [5.41, 5.74) is 4.22. The summed E-state index contributed by atoms with van der Waals surface area (Å²) >= 11 is 0.534. The predicted octanol–water partition coefficient (Wildman–Crippen LogP) is 4.76. The van der Waals surface area contributed by atoms with Crippen LogP contribution in [0.5, 0.6) is 0 Å². The Kier molecular flexibility index (Phi) is 9.81. The summed E-state index contributed by atoms with van der Waals surface area (Å²) in [6.07, 6.45) is 0. The molecule has 0 aliphatic rings. The molecule has 0 unspecified atom stereocenters. The van der Waals surface area contributed by atoms with E-state index >= 15 is 0 Å². The third-order valence-corrected chi connectivity index (χ3v) is 9.40. The summed E-state index contributed by atoms with van der Waals surface area (Å²) < 4.78 is 24.4. The van der Waals surface area contributed by atoms with Gasteiger partial charge in [-0.05, 0) is 18.2 Å². The molecule has 51 heavy (non-hydrogen) atoms. The Morgan fingerprint density at radius 2 is 1.43 bits per heavy atom. The van der Waals surface area contributed by atoms with Crippen molar-refractivity contribution >= 4 is 61.1 Å². The van der Waals surface area contributed by atoms with Gasteiger partial charge < -0.3 is 0 Å². The van der Waals surface area contributed by atoms with Gasteiger partial charge in [0.1, 0.15) is 0 Å². The van der Waals surface area contributed by atoms with Crippen molar-refractivity contribution in [3.63, 3.8) is 0 Å². The Balaban J connectivity index is 1.47. The molecule has 6 rings (SSSR count). The van der Waals surface area contributed by atoms with Gasteiger partial charge in [-0.3, -0.25) is 29.9 Å². The zero-order valence-corrected chi connectivity index (χ0v) is 28.2. The molecule has 0 saturated carbocycles. The Labute approximate surface area is 294 Å². The number of ketones is 3. The molecule has 0 aliphatic carbocycles. The Hall–Kier alpha value is -6.49. The van der Waals surface area contributed by atoms with E-state index in [2.05, 4.69) is 31.1 Å². The van der Waals surface area contributed by atoms with Crippen molar-refractivity contribution in [2.24, 2.45) is 10.2 Å². The fourth-order valence-electron chi connectivity index (χ4n) is 4.95. The number of Topliss-reactive ketones (excluding diaryl/α,β-unsaturated/α-hetero) is 2. The minimum atomic E-state index is -4.19. The van der Waals surface area contributed by atoms with Gasteiger partial charge in [-0.1, -0.05) is 108 Å². The van der Waals surface area contributed by atoms with Crippen molar-refractivity contribution in [2.45, 2.75) is 11.3 Å². The number of hydrogen-bond donors (Lipinski definition) is 3. The number of nitrogens with zero attached hydrogens (tertiary/aromatic N) is 5. The van der Waals surface area contributed by atoms with Crippen molar-refractivity contribution in [2.75, 3.05) is 10.7 Å². The van der Waals surface area contributed by atoms with Gasteiger partial charge in [0, 0.05) is 23.6 Å². The Morgan fingerprint density at radius 1 is 0.804 bits per heavy atom. The number of hydrazone groups is 1. The van der Waals surface area contributed by atoms with E-state index in [1.807, 2.05) is 0 Å². The van der Waals surface area contributed by atoms with Gasteiger partial charge in [-0.2, -0.15) is 10.2 Å². The second kappa shape index (κ2) is 14.6. The third kappa shape index (κ3) is 7.57. The SMILES string of the molecule is CC(=O)/C(=N/Nc1cccc(-n2nc(C(=O)Nc3nnc(S(N)(=O)=O)s3)c(C(=O)c3ccccc3)c2-c2ccccc2)c1)C(=O)c1ccccc1. The van der Waals surface area contributed by atoms with Crippen molar-refractivity contribution in [1.29, 1.82) is 0 Å². The van der Waals surface area contributed by atoms with Crippen LogP contribution < -0.4 is 15.9 Å². The van der Waals surface area contributed by atoms with Gasteiger partial charge in [0.25, 0.3) is 15.9 Å². The van der Waals surface area contributed by atoms with E-state index in [0.29, 0.717) is 33.8 Å². The fraction of sp³-hybridized carbons (Fsp3) is 0.0286. The predicted molar refractivity (Wildman–Crippen MR) is 191 cm³/mol. The van der Waals surface area contributed by atoms with Crippen molar-refractivity contribution in [1.82, 2.24) is 20.0 Å². The lowest BCUT2D eigenvalue weighted by Gasteiger charge is -2.11. The first-order valence-electron chi connectivity index (χ1n) is 15.0. The Bertz CT molecular complexity index is 2430. The van der Waals surface area contributed by atoms with Crippen LogP contribution in [-0.2, 0) is 14.8 Å². The first-order valence-corrected chi connectivity index (χ1v) is 17.4. The molecule has 0 aliphatic heterocycles. The average molecular weight is 719 g/mol. The maximum Gasteiger partial charge on any atom is 0.278 e. The van der Waals surface area contributed by atoms with E-state index in [1.165, 1.54) is 11.6 Å². The third-order valence-electron chi connectivity index (χ3n) is 7.25. The molecule has 1 amide bonds. The molecule has 0 fully saturated rings. The zero-order chi connectivity index (χ0) is 36.1. The molecule has 4 N–H and O–H groups in total. The fourth-order valence-corrected chi connectivity index (χ4v) is 6.28. The quantitative estimate of drug-likeness (QED) is 0.0519. The second-order valence-corrected chi connectivity index (χ2v) is 13.5. The van der Waals surface area contributed by atoms with Crippen LogP contribution in [-0.4, -0.2) is 57.4 Å². The van der Waals surface area contributed by atoms with Crippen LogP contribution in [0.3, 0.4) is 0 Å². The van der Waals surface area contributed by atoms with Crippen LogP contribution in [0.2, 0.25) is 0 Å². The van der Waals surface area contributed by atoms with Crippen LogP contribution in [0.1, 0.15) is 43.7 Å². The molecule has 0 bridgehead atoms. The lowest BCUT2D eigenvalue weighted by Crippen LogP contribution is -2.23. The van der Waals surface area contributed by atoms with Gasteiger partial charge in [-0.15, -0.1) is 10.2 Å². The number of nitrogens with two attached hydrogens (primary N) is 1. The number of rotatable bonds is 12. The molecule has 0 saturated heterocycles. The summed E-state index contributed by atoms with van der Waals surface area (Å²) in [6, 6.07) is 32.0. The van der Waals surface area contributed by atoms with E-state index in [0.717, 1.165) is 0 Å². The smallest absolute Gasteiger partial charge is 0.278 e. The van der Waals surface area contributed by atoms with E-state index in [4.69, 9.17) is 5.14 Å². The van der Waals surface area contributed by atoms with E-state index in [1.54, 1.807) is 115 Å². The molecule has 0 spiro atoms. The molecule has 0 radical (unpaired) electrons. The van der Waals surface area contributed by atoms with Gasteiger partial charge >= 0.3 is 0 Å². The summed E-state index contributed by atoms with van der Waals surface area (Å²) in [5, 5.41) is 23.4. The number of carbonyl (C=O) groups excluding carboxylic acids is 4. The van der Waals surface area contributed by atoms with Crippen LogP contribution in [0, 0.1) is 0 Å². The molecular weight excluding hydrogens is 693 g/mol. The molecule has 16 heteroatoms. The lowest BCUT2D eigenvalue weighted by molar-refractivity contribution is -0.111. The van der Waals surface area contributed by atoms with Gasteiger partial charge in [0.2, 0.25) is 15.3 Å². The lowest BCUT2D eigenvalue weighted by atomic mass is 9.97. The molecule has 14 nitrogen and oxygen atoms in total. The van der Waals surface area contributed by atoms with E-state index in [-0.39, 0.29) is 33.4 Å². The summed E-state index contributed by atoms with van der Waals surface area (Å²) in [7, 11) is -4.19. The average Bonchev–Trinajstić information content (AvgIpc) is 3.78. The molecule has 0 atom stereocenters. The van der Waals surface area contributed by atoms with Gasteiger partial charge in [-0.25, -0.2) is 18.2 Å². The highest BCUT2D eigenvalue weighted by Crippen LogP contribution is 2.33. The molecule has 2 heterocycles. The number of nitrogens with one attached hydrogen (secondary N) is 2. The summed E-state index contributed by atoms with van der Waals surface area (Å²) in [5.74, 6) is -2.49. The molecule has 2 aromatic heterocycles. The second-order valence-electron chi connectivity index (χ2n) is 10.8. The number of primary sulfonamides is 1. The minimum Gasteiger partial charge on any atom is -0.295 e. The number of amides is 1. The monoisotopic (exact) mass is 718 g/mol. The van der Waals surface area contributed by atoms with Crippen molar-refractivity contribution in [3.05, 3.63) is 138 Å². The maximum atomic E-state index is 14.2.